The van der Waals surface area contributed by atoms with Gasteiger partial charge in [-0.25, -0.2) is 8.42 Å². The van der Waals surface area contributed by atoms with Crippen LogP contribution in [0.1, 0.15) is 30.4 Å². The maximum Gasteiger partial charge on any atom is 0.262 e. The highest BCUT2D eigenvalue weighted by atomic mass is 32.2. The lowest BCUT2D eigenvalue weighted by atomic mass is 10.1. The molecule has 7 heteroatoms. The van der Waals surface area contributed by atoms with Crippen molar-refractivity contribution in [3.63, 3.8) is 0 Å². The number of nitrogens with zero attached hydrogens (tertiary/aromatic N) is 1. The van der Waals surface area contributed by atoms with E-state index in [0.29, 0.717) is 24.5 Å². The predicted octanol–water partition coefficient (Wildman–Crippen LogP) is 3.50. The molecule has 6 nitrogen and oxygen atoms in total. The van der Waals surface area contributed by atoms with Crippen LogP contribution in [-0.4, -0.2) is 38.3 Å². The zero-order valence-corrected chi connectivity index (χ0v) is 17.1. The quantitative estimate of drug-likeness (QED) is 0.802. The summed E-state index contributed by atoms with van der Waals surface area (Å²) >= 11 is 0. The van der Waals surface area contributed by atoms with Crippen molar-refractivity contribution in [3.8, 4) is 5.75 Å². The molecule has 1 aliphatic heterocycles. The third-order valence-electron chi connectivity index (χ3n) is 4.85. The maximum absolute atomic E-state index is 12.7. The van der Waals surface area contributed by atoms with Crippen molar-refractivity contribution in [2.75, 3.05) is 25.0 Å². The minimum absolute atomic E-state index is 0.112. The molecule has 3 rings (SSSR count). The van der Waals surface area contributed by atoms with Gasteiger partial charge in [0.15, 0.2) is 6.61 Å². The van der Waals surface area contributed by atoms with Gasteiger partial charge in [0.2, 0.25) is 10.0 Å². The fourth-order valence-corrected chi connectivity index (χ4v) is 4.84. The van der Waals surface area contributed by atoms with E-state index in [1.165, 1.54) is 16.4 Å². The number of sulfonamides is 1. The van der Waals surface area contributed by atoms with E-state index in [4.69, 9.17) is 4.74 Å². The maximum atomic E-state index is 12.7. The lowest BCUT2D eigenvalue weighted by Gasteiger charge is -2.25. The van der Waals surface area contributed by atoms with Crippen LogP contribution in [0.3, 0.4) is 0 Å². The number of aryl methyl sites for hydroxylation is 2. The second-order valence-corrected chi connectivity index (χ2v) is 8.98. The summed E-state index contributed by atoms with van der Waals surface area (Å²) in [6.45, 7) is 4.88. The smallest absolute Gasteiger partial charge is 0.262 e. The van der Waals surface area contributed by atoms with Crippen molar-refractivity contribution in [3.05, 3.63) is 53.6 Å². The third kappa shape index (κ3) is 4.72. The van der Waals surface area contributed by atoms with E-state index < -0.39 is 10.0 Å². The zero-order valence-electron chi connectivity index (χ0n) is 16.3. The Labute approximate surface area is 166 Å². The van der Waals surface area contributed by atoms with Crippen LogP contribution in [0.5, 0.6) is 5.75 Å². The highest BCUT2D eigenvalue weighted by Gasteiger charge is 2.25. The first-order chi connectivity index (χ1) is 13.4. The number of nitrogens with one attached hydrogen (secondary N) is 1. The molecule has 1 aliphatic rings. The van der Waals surface area contributed by atoms with Gasteiger partial charge in [0.1, 0.15) is 5.75 Å². The second kappa shape index (κ2) is 8.75. The SMILES string of the molecule is Cc1cccc(C)c1OCC(=O)Nc1ccc(S(=O)(=O)N2CCCCC2)cc1. The van der Waals surface area contributed by atoms with Crippen molar-refractivity contribution in [2.24, 2.45) is 0 Å². The Hall–Kier alpha value is -2.38. The van der Waals surface area contributed by atoms with Crippen LogP contribution in [-0.2, 0) is 14.8 Å². The summed E-state index contributed by atoms with van der Waals surface area (Å²) < 4.78 is 32.5. The monoisotopic (exact) mass is 402 g/mol. The Balaban J connectivity index is 1.60. The molecule has 0 saturated carbocycles. The van der Waals surface area contributed by atoms with E-state index >= 15 is 0 Å². The van der Waals surface area contributed by atoms with Gasteiger partial charge in [-0.05, 0) is 62.1 Å². The largest absolute Gasteiger partial charge is 0.483 e. The zero-order chi connectivity index (χ0) is 20.1. The number of ether oxygens (including phenoxy) is 1. The number of rotatable bonds is 6. The van der Waals surface area contributed by atoms with Gasteiger partial charge < -0.3 is 10.1 Å². The summed E-state index contributed by atoms with van der Waals surface area (Å²) in [5, 5.41) is 2.74. The normalized spacial score (nSPS) is 15.2. The van der Waals surface area contributed by atoms with E-state index in [2.05, 4.69) is 5.32 Å². The van der Waals surface area contributed by atoms with Gasteiger partial charge in [-0.15, -0.1) is 0 Å². The molecule has 0 aromatic heterocycles. The summed E-state index contributed by atoms with van der Waals surface area (Å²) in [5.41, 5.74) is 2.48. The van der Waals surface area contributed by atoms with Gasteiger partial charge in [0, 0.05) is 18.8 Å². The van der Waals surface area contributed by atoms with Crippen LogP contribution in [0, 0.1) is 13.8 Å². The molecule has 1 amide bonds. The number of benzene rings is 2. The summed E-state index contributed by atoms with van der Waals surface area (Å²) in [7, 11) is -3.47. The molecule has 0 spiro atoms. The van der Waals surface area contributed by atoms with Crippen LogP contribution >= 0.6 is 0 Å². The molecule has 2 aromatic carbocycles. The Morgan fingerprint density at radius 3 is 2.21 bits per heavy atom. The number of para-hydroxylation sites is 1. The first-order valence-corrected chi connectivity index (χ1v) is 10.9. The van der Waals surface area contributed by atoms with E-state index in [9.17, 15) is 13.2 Å². The summed E-state index contributed by atoms with van der Waals surface area (Å²) in [6, 6.07) is 12.1. The molecule has 1 N–H and O–H groups in total. The molecule has 0 bridgehead atoms. The highest BCUT2D eigenvalue weighted by Crippen LogP contribution is 2.23. The van der Waals surface area contributed by atoms with Crippen LogP contribution in [0.15, 0.2) is 47.4 Å². The second-order valence-electron chi connectivity index (χ2n) is 7.05. The summed E-state index contributed by atoms with van der Waals surface area (Å²) in [5.74, 6) is 0.412. The van der Waals surface area contributed by atoms with Crippen molar-refractivity contribution in [2.45, 2.75) is 38.0 Å². The van der Waals surface area contributed by atoms with Crippen molar-refractivity contribution in [1.29, 1.82) is 0 Å². The van der Waals surface area contributed by atoms with Crippen LogP contribution in [0.4, 0.5) is 5.69 Å². The molecular weight excluding hydrogens is 376 g/mol. The number of carbonyl (C=O) groups is 1. The van der Waals surface area contributed by atoms with E-state index in [-0.39, 0.29) is 17.4 Å². The molecule has 28 heavy (non-hydrogen) atoms. The van der Waals surface area contributed by atoms with Gasteiger partial charge in [0.05, 0.1) is 4.90 Å². The van der Waals surface area contributed by atoms with Gasteiger partial charge in [-0.1, -0.05) is 24.6 Å². The third-order valence-corrected chi connectivity index (χ3v) is 6.76. The van der Waals surface area contributed by atoms with Crippen molar-refractivity contribution in [1.82, 2.24) is 4.31 Å². The topological polar surface area (TPSA) is 75.7 Å². The minimum atomic E-state index is -3.47. The fourth-order valence-electron chi connectivity index (χ4n) is 3.33. The van der Waals surface area contributed by atoms with Crippen LogP contribution < -0.4 is 10.1 Å². The molecule has 0 atom stereocenters. The number of anilines is 1. The first-order valence-electron chi connectivity index (χ1n) is 9.47. The standard InChI is InChI=1S/C21H26N2O4S/c1-16-7-6-8-17(2)21(16)27-15-20(24)22-18-9-11-19(12-10-18)28(25,26)23-13-4-3-5-14-23/h6-12H,3-5,13-15H2,1-2H3,(H,22,24). The fraction of sp³-hybridized carbons (Fsp3) is 0.381. The average Bonchev–Trinajstić information content (AvgIpc) is 2.69. The Morgan fingerprint density at radius 2 is 1.61 bits per heavy atom. The molecule has 1 saturated heterocycles. The van der Waals surface area contributed by atoms with E-state index in [1.807, 2.05) is 32.0 Å². The molecule has 150 valence electrons. The summed E-state index contributed by atoms with van der Waals surface area (Å²) in [6.07, 6.45) is 2.86. The number of amides is 1. The molecule has 1 heterocycles. The van der Waals surface area contributed by atoms with Crippen molar-refractivity contribution >= 4 is 21.6 Å². The number of piperidine rings is 1. The molecule has 0 unspecified atom stereocenters. The highest BCUT2D eigenvalue weighted by molar-refractivity contribution is 7.89. The number of hydrogen-bond donors (Lipinski definition) is 1. The van der Waals surface area contributed by atoms with Gasteiger partial charge in [-0.3, -0.25) is 4.79 Å². The minimum Gasteiger partial charge on any atom is -0.483 e. The predicted molar refractivity (Wildman–Crippen MR) is 109 cm³/mol. The lowest BCUT2D eigenvalue weighted by molar-refractivity contribution is -0.118. The molecular formula is C21H26N2O4S. The van der Waals surface area contributed by atoms with Crippen LogP contribution in [0.2, 0.25) is 0 Å². The van der Waals surface area contributed by atoms with E-state index in [1.54, 1.807) is 12.1 Å². The number of hydrogen-bond acceptors (Lipinski definition) is 4. The molecule has 1 fully saturated rings. The Bertz CT molecular complexity index is 913. The van der Waals surface area contributed by atoms with Gasteiger partial charge in [0.25, 0.3) is 5.91 Å². The van der Waals surface area contributed by atoms with Crippen molar-refractivity contribution < 1.29 is 17.9 Å². The Kier molecular flexibility index (Phi) is 6.36. The molecule has 0 radical (unpaired) electrons. The first kappa shape index (κ1) is 20.4. The van der Waals surface area contributed by atoms with Crippen LogP contribution in [0.25, 0.3) is 0 Å². The van der Waals surface area contributed by atoms with E-state index in [0.717, 1.165) is 30.4 Å². The average molecular weight is 403 g/mol. The number of carbonyl (C=O) groups excluding carboxylic acids is 1. The Morgan fingerprint density at radius 1 is 1.00 bits per heavy atom. The molecule has 2 aromatic rings. The lowest BCUT2D eigenvalue weighted by Crippen LogP contribution is -2.35. The van der Waals surface area contributed by atoms with Gasteiger partial charge >= 0.3 is 0 Å². The van der Waals surface area contributed by atoms with Gasteiger partial charge in [-0.2, -0.15) is 4.31 Å². The summed E-state index contributed by atoms with van der Waals surface area (Å²) in [4.78, 5) is 12.4. The molecule has 0 aliphatic carbocycles.